The molecule has 0 radical (unpaired) electrons. The van der Waals surface area contributed by atoms with Gasteiger partial charge in [-0.3, -0.25) is 0 Å². The van der Waals surface area contributed by atoms with Gasteiger partial charge < -0.3 is 18.6 Å². The van der Waals surface area contributed by atoms with Gasteiger partial charge >= 0.3 is 0 Å². The van der Waals surface area contributed by atoms with Gasteiger partial charge in [0.1, 0.15) is 11.2 Å². The van der Waals surface area contributed by atoms with Gasteiger partial charge in [0.25, 0.3) is 0 Å². The van der Waals surface area contributed by atoms with Gasteiger partial charge in [-0.2, -0.15) is 0 Å². The molecule has 4 heteroatoms. The maximum absolute atomic E-state index is 9.00. The Morgan fingerprint density at radius 2 is 0.724 bits per heavy atom. The molecule has 0 aliphatic carbocycles. The van der Waals surface area contributed by atoms with Gasteiger partial charge in [-0.05, 0) is 127 Å². The monoisotopic (exact) mass is 986 g/mol. The molecule has 12 aromatic carbocycles. The Hall–Kier alpha value is -8.60. The quantitative estimate of drug-likeness (QED) is 0.128. The summed E-state index contributed by atoms with van der Waals surface area (Å²) in [6.45, 7) is 18.3. The Balaban J connectivity index is 1.11. The normalized spacial score (nSPS) is 12.8. The van der Waals surface area contributed by atoms with Crippen LogP contribution in [0.25, 0.3) is 97.7 Å². The second-order valence-electron chi connectivity index (χ2n) is 22.2. The molecule has 2 aromatic heterocycles. The first kappa shape index (κ1) is 43.8. The lowest BCUT2D eigenvalue weighted by atomic mass is 9.89. The molecule has 0 aliphatic heterocycles. The van der Waals surface area contributed by atoms with Gasteiger partial charge in [0.15, 0.2) is 11.2 Å². The van der Waals surface area contributed by atoms with Gasteiger partial charge in [0.05, 0.1) is 36.9 Å². The smallest absolute Gasteiger partial charge is 0.159 e. The maximum atomic E-state index is 9.00. The Morgan fingerprint density at radius 1 is 0.329 bits per heavy atom. The van der Waals surface area contributed by atoms with E-state index in [1.807, 2.05) is 24.3 Å². The summed E-state index contributed by atoms with van der Waals surface area (Å²) >= 11 is 0. The number of hydrogen-bond donors (Lipinski definition) is 0. The Kier molecular flexibility index (Phi) is 10.1. The standard InChI is InChI=1S/C72H60N2O2/c1-41(2)49-25-23-45-27-33-51(43(5)6)69(59(45)39-49)73(63-19-13-17-55-53-15-9-11-21-65(53)75-71(55)63)61-37-31-47-30-36-58-62(38-32-48-29-35-57(61)67(47)68(48)58)74(64-20-14-18-56-54-16-10-12-22-66(54)76-72(56)64)70-52(44(7)8)34-28-46-24-26-50(42(3)4)40-60(46)70/h9-44H,1-8H3/i21D,22D. The first-order chi connectivity index (χ1) is 37.8. The van der Waals surface area contributed by atoms with E-state index >= 15 is 0 Å². The molecule has 370 valence electrons. The molecule has 14 aromatic rings. The van der Waals surface area contributed by atoms with Crippen molar-refractivity contribution in [3.63, 3.8) is 0 Å². The Bertz CT molecular complexity index is 4440. The van der Waals surface area contributed by atoms with Crippen LogP contribution in [-0.2, 0) is 0 Å². The molecule has 0 unspecified atom stereocenters. The van der Waals surface area contributed by atoms with E-state index in [1.165, 1.54) is 54.6 Å². The summed E-state index contributed by atoms with van der Waals surface area (Å²) in [7, 11) is 0. The van der Waals surface area contributed by atoms with Gasteiger partial charge in [0.2, 0.25) is 0 Å². The van der Waals surface area contributed by atoms with Crippen molar-refractivity contribution in [3.8, 4) is 0 Å². The van der Waals surface area contributed by atoms with E-state index in [9.17, 15) is 0 Å². The van der Waals surface area contributed by atoms with Gasteiger partial charge in [-0.1, -0.05) is 201 Å². The number of para-hydroxylation sites is 4. The molecule has 76 heavy (non-hydrogen) atoms. The van der Waals surface area contributed by atoms with Crippen molar-refractivity contribution in [2.45, 2.75) is 79.1 Å². The fourth-order valence-corrected chi connectivity index (χ4v) is 12.4. The van der Waals surface area contributed by atoms with Crippen LogP contribution < -0.4 is 9.80 Å². The van der Waals surface area contributed by atoms with Crippen LogP contribution in [0.1, 0.15) is 104 Å². The van der Waals surface area contributed by atoms with Crippen LogP contribution in [-0.4, -0.2) is 0 Å². The van der Waals surface area contributed by atoms with Gasteiger partial charge in [-0.15, -0.1) is 0 Å². The van der Waals surface area contributed by atoms with Crippen molar-refractivity contribution in [2.75, 3.05) is 9.80 Å². The predicted molar refractivity (Wildman–Crippen MR) is 325 cm³/mol. The number of furan rings is 2. The predicted octanol–water partition coefficient (Wildman–Crippen LogP) is 22.1. The summed E-state index contributed by atoms with van der Waals surface area (Å²) in [6.07, 6.45) is 0. The molecule has 0 saturated heterocycles. The summed E-state index contributed by atoms with van der Waals surface area (Å²) in [6, 6.07) is 66.9. The Morgan fingerprint density at radius 3 is 1.14 bits per heavy atom. The summed E-state index contributed by atoms with van der Waals surface area (Å²) in [5.74, 6) is 1.02. The fourth-order valence-electron chi connectivity index (χ4n) is 12.4. The van der Waals surface area contributed by atoms with Crippen LogP contribution in [0.3, 0.4) is 0 Å². The van der Waals surface area contributed by atoms with E-state index in [0.717, 1.165) is 88.4 Å². The zero-order valence-corrected chi connectivity index (χ0v) is 44.3. The van der Waals surface area contributed by atoms with Crippen LogP contribution in [0.15, 0.2) is 203 Å². The molecule has 14 rings (SSSR count). The molecular formula is C72H60N2O2. The minimum atomic E-state index is 0.183. The number of rotatable bonds is 10. The van der Waals surface area contributed by atoms with E-state index in [0.29, 0.717) is 35.1 Å². The fraction of sp³-hybridized carbons (Fsp3) is 0.167. The molecule has 2 heterocycles. The van der Waals surface area contributed by atoms with Crippen LogP contribution in [0.5, 0.6) is 0 Å². The molecule has 0 spiro atoms. The largest absolute Gasteiger partial charge is 0.454 e. The molecular weight excluding hydrogens is 925 g/mol. The highest BCUT2D eigenvalue weighted by Crippen LogP contribution is 2.54. The van der Waals surface area contributed by atoms with Crippen molar-refractivity contribution >= 4 is 132 Å². The van der Waals surface area contributed by atoms with Crippen LogP contribution >= 0.6 is 0 Å². The highest BCUT2D eigenvalue weighted by molar-refractivity contribution is 6.29. The van der Waals surface area contributed by atoms with Gasteiger partial charge in [-0.25, -0.2) is 0 Å². The van der Waals surface area contributed by atoms with Crippen molar-refractivity contribution in [2.24, 2.45) is 0 Å². The SMILES string of the molecule is [2H]c1cccc2c1oc1c(N(c3c(C(C)C)ccc4ccc(C(C)C)cc34)c3ccc4ccc5c(N(c6c(C(C)C)ccc7ccc(C(C)C)cc67)c6cccc7c6oc6c([2H])cccc67)ccc6ccc3c4c65)cccc12. The molecule has 0 atom stereocenters. The number of hydrogen-bond acceptors (Lipinski definition) is 4. The third-order valence-corrected chi connectivity index (χ3v) is 16.3. The van der Waals surface area contributed by atoms with E-state index in [-0.39, 0.29) is 11.8 Å². The van der Waals surface area contributed by atoms with Gasteiger partial charge in [0, 0.05) is 43.1 Å². The summed E-state index contributed by atoms with van der Waals surface area (Å²) in [5.41, 5.74) is 13.9. The number of anilines is 6. The van der Waals surface area contributed by atoms with E-state index in [4.69, 9.17) is 11.6 Å². The molecule has 0 N–H and O–H groups in total. The molecule has 0 aliphatic rings. The van der Waals surface area contributed by atoms with E-state index in [1.54, 1.807) is 0 Å². The van der Waals surface area contributed by atoms with E-state index < -0.39 is 0 Å². The van der Waals surface area contributed by atoms with Crippen molar-refractivity contribution < 1.29 is 11.6 Å². The molecule has 4 nitrogen and oxygen atoms in total. The highest BCUT2D eigenvalue weighted by atomic mass is 16.3. The summed E-state index contributed by atoms with van der Waals surface area (Å²) < 4.78 is 31.9. The van der Waals surface area contributed by atoms with Crippen LogP contribution in [0.2, 0.25) is 0 Å². The maximum Gasteiger partial charge on any atom is 0.159 e. The number of benzene rings is 12. The first-order valence-electron chi connectivity index (χ1n) is 28.1. The lowest BCUT2D eigenvalue weighted by molar-refractivity contribution is 0.668. The summed E-state index contributed by atoms with van der Waals surface area (Å²) in [5, 5.41) is 15.4. The number of nitrogens with zero attached hydrogens (tertiary/aromatic N) is 2. The third kappa shape index (κ3) is 6.96. The van der Waals surface area contributed by atoms with Crippen LogP contribution in [0, 0.1) is 0 Å². The Labute approximate surface area is 446 Å². The lowest BCUT2D eigenvalue weighted by Crippen LogP contribution is -2.15. The molecule has 0 amide bonds. The zero-order valence-electron chi connectivity index (χ0n) is 46.3. The lowest BCUT2D eigenvalue weighted by Gasteiger charge is -2.33. The minimum Gasteiger partial charge on any atom is -0.454 e. The van der Waals surface area contributed by atoms with Crippen molar-refractivity contribution in [1.82, 2.24) is 0 Å². The second-order valence-corrected chi connectivity index (χ2v) is 22.2. The molecule has 0 bridgehead atoms. The zero-order chi connectivity index (χ0) is 53.4. The number of fused-ring (bicyclic) bond motifs is 8. The second kappa shape index (κ2) is 17.5. The van der Waals surface area contributed by atoms with Crippen LogP contribution in [0.4, 0.5) is 34.1 Å². The third-order valence-electron chi connectivity index (χ3n) is 16.3. The first-order valence-corrected chi connectivity index (χ1v) is 27.1. The van der Waals surface area contributed by atoms with Crippen molar-refractivity contribution in [1.29, 1.82) is 0 Å². The van der Waals surface area contributed by atoms with Crippen molar-refractivity contribution in [3.05, 3.63) is 216 Å². The average Bonchev–Trinajstić information content (AvgIpc) is 4.12. The topological polar surface area (TPSA) is 32.8 Å². The minimum absolute atomic E-state index is 0.183. The molecule has 0 fully saturated rings. The molecule has 0 saturated carbocycles. The average molecular weight is 987 g/mol. The summed E-state index contributed by atoms with van der Waals surface area (Å²) in [4.78, 5) is 4.96. The van der Waals surface area contributed by atoms with E-state index in [2.05, 4.69) is 223 Å². The highest BCUT2D eigenvalue weighted by Gasteiger charge is 2.30.